The van der Waals surface area contributed by atoms with Crippen LogP contribution in [0.4, 0.5) is 0 Å². The zero-order chi connectivity index (χ0) is 10.7. The van der Waals surface area contributed by atoms with Gasteiger partial charge in [-0.15, -0.1) is 0 Å². The van der Waals surface area contributed by atoms with Gasteiger partial charge in [0.05, 0.1) is 4.47 Å². The predicted molar refractivity (Wildman–Crippen MR) is 60.9 cm³/mol. The van der Waals surface area contributed by atoms with Crippen molar-refractivity contribution in [1.82, 2.24) is 19.9 Å². The number of halogens is 2. The second-order valence-corrected chi connectivity index (χ2v) is 4.52. The van der Waals surface area contributed by atoms with Crippen molar-refractivity contribution in [3.05, 3.63) is 34.4 Å². The van der Waals surface area contributed by atoms with Crippen molar-refractivity contribution >= 4 is 39.3 Å². The van der Waals surface area contributed by atoms with Gasteiger partial charge in [0, 0.05) is 12.4 Å². The van der Waals surface area contributed by atoms with Crippen LogP contribution in [-0.2, 0) is 0 Å². The summed E-state index contributed by atoms with van der Waals surface area (Å²) in [5.41, 5.74) is 0. The van der Waals surface area contributed by atoms with Crippen LogP contribution in [0.1, 0.15) is 0 Å². The summed E-state index contributed by atoms with van der Waals surface area (Å²) < 4.78 is 0.657. The summed E-state index contributed by atoms with van der Waals surface area (Å²) in [6, 6.07) is 1.76. The van der Waals surface area contributed by atoms with E-state index in [4.69, 9.17) is 11.6 Å². The lowest BCUT2D eigenvalue weighted by atomic mass is 10.7. The lowest BCUT2D eigenvalue weighted by Gasteiger charge is -2.01. The Bertz CT molecular complexity index is 467. The first kappa shape index (κ1) is 10.8. The summed E-state index contributed by atoms with van der Waals surface area (Å²) in [4.78, 5) is 16.1. The van der Waals surface area contributed by atoms with E-state index in [1.54, 1.807) is 18.5 Å². The zero-order valence-electron chi connectivity index (χ0n) is 7.26. The Morgan fingerprint density at radius 1 is 1.13 bits per heavy atom. The van der Waals surface area contributed by atoms with E-state index in [2.05, 4.69) is 35.9 Å². The average molecular weight is 304 g/mol. The molecule has 0 amide bonds. The van der Waals surface area contributed by atoms with Crippen molar-refractivity contribution in [3.63, 3.8) is 0 Å². The highest BCUT2D eigenvalue weighted by Gasteiger charge is 2.09. The summed E-state index contributed by atoms with van der Waals surface area (Å²) >= 11 is 10.5. The lowest BCUT2D eigenvalue weighted by Crippen LogP contribution is -1.89. The summed E-state index contributed by atoms with van der Waals surface area (Å²) in [7, 11) is 0. The quantitative estimate of drug-likeness (QED) is 0.631. The number of nitrogens with zero attached hydrogens (tertiary/aromatic N) is 4. The first-order valence-corrected chi connectivity index (χ1v) is 5.87. The summed E-state index contributed by atoms with van der Waals surface area (Å²) in [5.74, 6) is 0. The molecule has 0 aliphatic heterocycles. The van der Waals surface area contributed by atoms with Gasteiger partial charge in [0.1, 0.15) is 16.5 Å². The standard InChI is InChI=1S/C8H4BrClN4S/c9-5-6(10)13-4-14-7(5)15-8-11-2-1-3-12-8/h1-4H. The van der Waals surface area contributed by atoms with Crippen LogP contribution < -0.4 is 0 Å². The maximum atomic E-state index is 5.83. The molecule has 4 nitrogen and oxygen atoms in total. The number of hydrogen-bond acceptors (Lipinski definition) is 5. The Balaban J connectivity index is 2.29. The molecule has 76 valence electrons. The van der Waals surface area contributed by atoms with E-state index in [0.29, 0.717) is 19.8 Å². The van der Waals surface area contributed by atoms with Gasteiger partial charge in [-0.2, -0.15) is 0 Å². The molecule has 7 heteroatoms. The van der Waals surface area contributed by atoms with Gasteiger partial charge in [0.15, 0.2) is 5.16 Å². The Morgan fingerprint density at radius 3 is 2.60 bits per heavy atom. The largest absolute Gasteiger partial charge is 0.231 e. The first-order valence-electron chi connectivity index (χ1n) is 3.88. The Kier molecular flexibility index (Phi) is 3.50. The second-order valence-electron chi connectivity index (χ2n) is 2.42. The van der Waals surface area contributed by atoms with Crippen LogP contribution in [0.25, 0.3) is 0 Å². The van der Waals surface area contributed by atoms with Gasteiger partial charge in [-0.25, -0.2) is 19.9 Å². The molecule has 2 aromatic heterocycles. The van der Waals surface area contributed by atoms with Crippen LogP contribution in [0.5, 0.6) is 0 Å². The highest BCUT2D eigenvalue weighted by molar-refractivity contribution is 9.10. The minimum Gasteiger partial charge on any atom is -0.231 e. The van der Waals surface area contributed by atoms with E-state index in [9.17, 15) is 0 Å². The van der Waals surface area contributed by atoms with E-state index < -0.39 is 0 Å². The van der Waals surface area contributed by atoms with Gasteiger partial charge in [-0.1, -0.05) is 11.6 Å². The van der Waals surface area contributed by atoms with Crippen molar-refractivity contribution in [2.24, 2.45) is 0 Å². The van der Waals surface area contributed by atoms with Crippen LogP contribution in [0.3, 0.4) is 0 Å². The third kappa shape index (κ3) is 2.64. The third-order valence-electron chi connectivity index (χ3n) is 1.44. The number of aromatic nitrogens is 4. The summed E-state index contributed by atoms with van der Waals surface area (Å²) in [6.07, 6.45) is 4.75. The van der Waals surface area contributed by atoms with Crippen molar-refractivity contribution in [2.45, 2.75) is 10.2 Å². The van der Waals surface area contributed by atoms with Crippen molar-refractivity contribution in [1.29, 1.82) is 0 Å². The normalized spacial score (nSPS) is 10.3. The summed E-state index contributed by atoms with van der Waals surface area (Å²) in [6.45, 7) is 0. The molecule has 0 unspecified atom stereocenters. The molecule has 0 aliphatic carbocycles. The van der Waals surface area contributed by atoms with Crippen LogP contribution in [0.15, 0.2) is 39.4 Å². The van der Waals surface area contributed by atoms with Gasteiger partial charge in [-0.3, -0.25) is 0 Å². The highest BCUT2D eigenvalue weighted by Crippen LogP contribution is 2.32. The molecule has 0 radical (unpaired) electrons. The molecule has 0 aromatic carbocycles. The van der Waals surface area contributed by atoms with Crippen LogP contribution in [0.2, 0.25) is 5.15 Å². The predicted octanol–water partition coefficient (Wildman–Crippen LogP) is 2.83. The molecule has 0 spiro atoms. The molecule has 0 N–H and O–H groups in total. The molecular weight excluding hydrogens is 300 g/mol. The van der Waals surface area contributed by atoms with E-state index in [-0.39, 0.29) is 0 Å². The van der Waals surface area contributed by atoms with Gasteiger partial charge < -0.3 is 0 Å². The first-order chi connectivity index (χ1) is 7.27. The number of rotatable bonds is 2. The van der Waals surface area contributed by atoms with Crippen LogP contribution in [0, 0.1) is 0 Å². The molecule has 0 fully saturated rings. The Labute approximate surface area is 104 Å². The molecule has 0 bridgehead atoms. The minimum atomic E-state index is 0.378. The molecule has 0 saturated heterocycles. The lowest BCUT2D eigenvalue weighted by molar-refractivity contribution is 0.951. The van der Waals surface area contributed by atoms with Crippen LogP contribution >= 0.6 is 39.3 Å². The smallest absolute Gasteiger partial charge is 0.193 e. The monoisotopic (exact) mass is 302 g/mol. The zero-order valence-corrected chi connectivity index (χ0v) is 10.4. The Morgan fingerprint density at radius 2 is 1.87 bits per heavy atom. The number of hydrogen-bond donors (Lipinski definition) is 0. The fraction of sp³-hybridized carbons (Fsp3) is 0. The maximum absolute atomic E-state index is 5.83. The molecule has 2 rings (SSSR count). The molecule has 0 aliphatic rings. The topological polar surface area (TPSA) is 51.6 Å². The van der Waals surface area contributed by atoms with Gasteiger partial charge in [-0.05, 0) is 33.8 Å². The fourth-order valence-corrected chi connectivity index (χ4v) is 2.15. The molecule has 2 aromatic rings. The minimum absolute atomic E-state index is 0.378. The van der Waals surface area contributed by atoms with Gasteiger partial charge in [0.2, 0.25) is 0 Å². The second kappa shape index (κ2) is 4.87. The SMILES string of the molecule is Clc1ncnc(Sc2ncccn2)c1Br. The van der Waals surface area contributed by atoms with Crippen LogP contribution in [-0.4, -0.2) is 19.9 Å². The van der Waals surface area contributed by atoms with Crippen molar-refractivity contribution in [2.75, 3.05) is 0 Å². The maximum Gasteiger partial charge on any atom is 0.193 e. The molecule has 15 heavy (non-hydrogen) atoms. The van der Waals surface area contributed by atoms with Gasteiger partial charge in [0.25, 0.3) is 0 Å². The summed E-state index contributed by atoms with van der Waals surface area (Å²) in [5, 5.41) is 1.69. The third-order valence-corrected chi connectivity index (χ3v) is 3.87. The van der Waals surface area contributed by atoms with E-state index >= 15 is 0 Å². The van der Waals surface area contributed by atoms with Crippen molar-refractivity contribution < 1.29 is 0 Å². The molecule has 2 heterocycles. The van der Waals surface area contributed by atoms with Gasteiger partial charge >= 0.3 is 0 Å². The highest BCUT2D eigenvalue weighted by atomic mass is 79.9. The molecule has 0 saturated carbocycles. The fourth-order valence-electron chi connectivity index (χ4n) is 0.829. The van der Waals surface area contributed by atoms with E-state index in [1.165, 1.54) is 18.1 Å². The molecule has 0 atom stereocenters. The Hall–Kier alpha value is -0.720. The van der Waals surface area contributed by atoms with Crippen molar-refractivity contribution in [3.8, 4) is 0 Å². The molecular formula is C8H4BrClN4S. The van der Waals surface area contributed by atoms with E-state index in [1.807, 2.05) is 0 Å². The van der Waals surface area contributed by atoms with E-state index in [0.717, 1.165) is 0 Å². The average Bonchev–Trinajstić information content (AvgIpc) is 2.26.